The molecular formula is C5H14O5P+. The van der Waals surface area contributed by atoms with Crippen molar-refractivity contribution in [3.8, 4) is 0 Å². The Morgan fingerprint density at radius 2 is 1.73 bits per heavy atom. The van der Waals surface area contributed by atoms with Crippen LogP contribution in [0.5, 0.6) is 0 Å². The highest BCUT2D eigenvalue weighted by molar-refractivity contribution is 7.58. The Kier molecular flexibility index (Phi) is 5.08. The van der Waals surface area contributed by atoms with Crippen LogP contribution in [-0.4, -0.2) is 46.5 Å². The minimum atomic E-state index is -3.22. The maximum atomic E-state index is 8.74. The average Bonchev–Trinajstić information content (AvgIpc) is 1.88. The topological polar surface area (TPSA) is 90.2 Å². The van der Waals surface area contributed by atoms with Gasteiger partial charge >= 0.3 is 7.94 Å². The molecule has 68 valence electrons. The second-order valence-electron chi connectivity index (χ2n) is 2.36. The highest BCUT2D eigenvalue weighted by Crippen LogP contribution is 2.46. The summed E-state index contributed by atoms with van der Waals surface area (Å²) in [5, 5.41) is 17.1. The summed E-state index contributed by atoms with van der Waals surface area (Å²) in [4.78, 5) is 17.5. The standard InChI is InChI=1S/C5H14O5P/c1-11(8,9)10-4-5(2-6)3-7/h5-9H,2-4H2,1H3/q+1. The summed E-state index contributed by atoms with van der Waals surface area (Å²) in [5.74, 6) is -0.436. The molecule has 4 N–H and O–H groups in total. The Morgan fingerprint density at radius 3 is 2.00 bits per heavy atom. The van der Waals surface area contributed by atoms with Crippen LogP contribution in [0.2, 0.25) is 0 Å². The van der Waals surface area contributed by atoms with Gasteiger partial charge in [0.05, 0.1) is 13.2 Å². The van der Waals surface area contributed by atoms with Crippen LogP contribution < -0.4 is 0 Å². The normalized spacial score (nSPS) is 12.5. The molecular weight excluding hydrogens is 171 g/mol. The lowest BCUT2D eigenvalue weighted by molar-refractivity contribution is 0.0958. The van der Waals surface area contributed by atoms with Gasteiger partial charge in [-0.05, 0) is 0 Å². The maximum absolute atomic E-state index is 8.74. The summed E-state index contributed by atoms with van der Waals surface area (Å²) < 4.78 is 4.58. The molecule has 0 aromatic rings. The van der Waals surface area contributed by atoms with Crippen LogP contribution in [0.3, 0.4) is 0 Å². The number of rotatable bonds is 5. The number of hydrogen-bond donors (Lipinski definition) is 4. The molecule has 0 saturated heterocycles. The summed E-state index contributed by atoms with van der Waals surface area (Å²) in [6.07, 6.45) is 0. The first-order valence-corrected chi connectivity index (χ1v) is 5.24. The van der Waals surface area contributed by atoms with E-state index < -0.39 is 13.9 Å². The van der Waals surface area contributed by atoms with Crippen molar-refractivity contribution in [2.75, 3.05) is 26.5 Å². The van der Waals surface area contributed by atoms with Gasteiger partial charge in [-0.15, -0.1) is 0 Å². The molecule has 0 amide bonds. The molecule has 5 nitrogen and oxygen atoms in total. The van der Waals surface area contributed by atoms with Crippen LogP contribution in [0.15, 0.2) is 0 Å². The van der Waals surface area contributed by atoms with Crippen molar-refractivity contribution >= 4 is 7.94 Å². The van der Waals surface area contributed by atoms with Crippen molar-refractivity contribution in [3.63, 3.8) is 0 Å². The molecule has 0 rings (SSSR count). The number of aliphatic hydroxyl groups excluding tert-OH is 2. The van der Waals surface area contributed by atoms with E-state index in [1.807, 2.05) is 0 Å². The molecule has 11 heavy (non-hydrogen) atoms. The molecule has 0 heterocycles. The third kappa shape index (κ3) is 6.62. The first kappa shape index (κ1) is 11.2. The lowest BCUT2D eigenvalue weighted by Gasteiger charge is -2.11. The third-order valence-corrected chi connectivity index (χ3v) is 1.71. The molecule has 0 atom stereocenters. The summed E-state index contributed by atoms with van der Waals surface area (Å²) in [7, 11) is -3.22. The Morgan fingerprint density at radius 1 is 1.27 bits per heavy atom. The lowest BCUT2D eigenvalue weighted by Crippen LogP contribution is -2.17. The van der Waals surface area contributed by atoms with E-state index in [2.05, 4.69) is 4.52 Å². The second kappa shape index (κ2) is 4.98. The van der Waals surface area contributed by atoms with E-state index in [9.17, 15) is 0 Å². The first-order chi connectivity index (χ1) is 4.99. The largest absolute Gasteiger partial charge is 0.403 e. The highest BCUT2D eigenvalue weighted by atomic mass is 31.2. The zero-order valence-electron chi connectivity index (χ0n) is 6.34. The molecule has 0 radical (unpaired) electrons. The van der Waals surface area contributed by atoms with Crippen LogP contribution >= 0.6 is 7.94 Å². The van der Waals surface area contributed by atoms with Gasteiger partial charge in [0.1, 0.15) is 13.3 Å². The zero-order valence-corrected chi connectivity index (χ0v) is 7.24. The van der Waals surface area contributed by atoms with Gasteiger partial charge in [0.2, 0.25) is 0 Å². The first-order valence-electron chi connectivity index (χ1n) is 3.18. The van der Waals surface area contributed by atoms with E-state index in [1.165, 1.54) is 6.66 Å². The smallest absolute Gasteiger partial charge is 0.396 e. The molecule has 0 aliphatic heterocycles. The Hall–Kier alpha value is 0.230. The summed E-state index contributed by atoms with van der Waals surface area (Å²) in [5.41, 5.74) is 0. The van der Waals surface area contributed by atoms with E-state index >= 15 is 0 Å². The van der Waals surface area contributed by atoms with Crippen molar-refractivity contribution in [2.45, 2.75) is 0 Å². The van der Waals surface area contributed by atoms with Gasteiger partial charge in [0, 0.05) is 5.92 Å². The Balaban J connectivity index is 3.51. The zero-order chi connectivity index (χ0) is 8.91. The van der Waals surface area contributed by atoms with Gasteiger partial charge in [-0.25, -0.2) is 0 Å². The Bertz CT molecular complexity index is 97.5. The molecule has 0 aromatic carbocycles. The quantitative estimate of drug-likeness (QED) is 0.412. The van der Waals surface area contributed by atoms with Gasteiger partial charge in [-0.3, -0.25) is 0 Å². The molecule has 6 heteroatoms. The number of aliphatic hydroxyl groups is 2. The van der Waals surface area contributed by atoms with E-state index in [0.29, 0.717) is 0 Å². The summed E-state index contributed by atoms with van der Waals surface area (Å²) >= 11 is 0. The summed E-state index contributed by atoms with van der Waals surface area (Å²) in [6.45, 7) is 0.677. The molecule has 0 saturated carbocycles. The van der Waals surface area contributed by atoms with E-state index in [-0.39, 0.29) is 19.8 Å². The van der Waals surface area contributed by atoms with Crippen LogP contribution in [0.4, 0.5) is 0 Å². The van der Waals surface area contributed by atoms with Crippen LogP contribution in [0.25, 0.3) is 0 Å². The fraction of sp³-hybridized carbons (Fsp3) is 1.00. The van der Waals surface area contributed by atoms with E-state index in [1.54, 1.807) is 0 Å². The van der Waals surface area contributed by atoms with Crippen LogP contribution in [-0.2, 0) is 4.52 Å². The van der Waals surface area contributed by atoms with Crippen molar-refractivity contribution in [2.24, 2.45) is 5.92 Å². The van der Waals surface area contributed by atoms with Gasteiger partial charge < -0.3 is 10.2 Å². The predicted molar refractivity (Wildman–Crippen MR) is 40.9 cm³/mol. The predicted octanol–water partition coefficient (Wildman–Crippen LogP) is -1.02. The molecule has 0 aromatic heterocycles. The van der Waals surface area contributed by atoms with Gasteiger partial charge in [0.15, 0.2) is 0 Å². The fourth-order valence-electron chi connectivity index (χ4n) is 0.410. The lowest BCUT2D eigenvalue weighted by atomic mass is 10.2. The molecule has 0 aliphatic carbocycles. The van der Waals surface area contributed by atoms with Gasteiger partial charge in [0.25, 0.3) is 0 Å². The molecule has 0 aliphatic rings. The average molecular weight is 185 g/mol. The van der Waals surface area contributed by atoms with Gasteiger partial charge in [-0.2, -0.15) is 14.3 Å². The fourth-order valence-corrected chi connectivity index (χ4v) is 0.903. The summed E-state index contributed by atoms with van der Waals surface area (Å²) in [6, 6.07) is 0. The minimum absolute atomic E-state index is 0.0374. The maximum Gasteiger partial charge on any atom is 0.403 e. The van der Waals surface area contributed by atoms with Crippen molar-refractivity contribution in [3.05, 3.63) is 0 Å². The monoisotopic (exact) mass is 185 g/mol. The van der Waals surface area contributed by atoms with Crippen LogP contribution in [0.1, 0.15) is 0 Å². The van der Waals surface area contributed by atoms with Crippen LogP contribution in [0, 0.1) is 5.92 Å². The molecule has 0 fully saturated rings. The number of hydrogen-bond acceptors (Lipinski definition) is 5. The molecule has 0 spiro atoms. The van der Waals surface area contributed by atoms with Crippen molar-refractivity contribution in [1.29, 1.82) is 0 Å². The molecule has 0 unspecified atom stereocenters. The van der Waals surface area contributed by atoms with Gasteiger partial charge in [-0.1, -0.05) is 0 Å². The SMILES string of the molecule is C[P+](O)(O)OCC(CO)CO. The highest BCUT2D eigenvalue weighted by Gasteiger charge is 2.28. The third-order valence-electron chi connectivity index (χ3n) is 1.07. The van der Waals surface area contributed by atoms with Crippen molar-refractivity contribution in [1.82, 2.24) is 0 Å². The van der Waals surface area contributed by atoms with E-state index in [0.717, 1.165) is 0 Å². The van der Waals surface area contributed by atoms with E-state index in [4.69, 9.17) is 20.0 Å². The second-order valence-corrected chi connectivity index (χ2v) is 4.29. The minimum Gasteiger partial charge on any atom is -0.396 e. The molecule has 0 bridgehead atoms. The Labute approximate surface area is 65.8 Å². The van der Waals surface area contributed by atoms with Crippen molar-refractivity contribution < 1.29 is 24.5 Å².